The molecule has 1 saturated carbocycles. The number of carboxylic acid groups (broad SMARTS) is 1. The number of ether oxygens (including phenoxy) is 1. The Morgan fingerprint density at radius 3 is 2.68 bits per heavy atom. The van der Waals surface area contributed by atoms with E-state index in [0.29, 0.717) is 18.0 Å². The van der Waals surface area contributed by atoms with Crippen LogP contribution in [-0.4, -0.2) is 48.7 Å². The average molecular weight is 283 g/mol. The van der Waals surface area contributed by atoms with E-state index < -0.39 is 5.97 Å². The van der Waals surface area contributed by atoms with Crippen molar-refractivity contribution in [2.75, 3.05) is 26.8 Å². The Morgan fingerprint density at radius 2 is 2.11 bits per heavy atom. The molecular formula is C13H17NO4S. The molecule has 0 saturated heterocycles. The van der Waals surface area contributed by atoms with Crippen molar-refractivity contribution in [1.82, 2.24) is 4.90 Å². The lowest BCUT2D eigenvalue weighted by Gasteiger charge is -2.16. The van der Waals surface area contributed by atoms with Gasteiger partial charge < -0.3 is 14.7 Å². The molecule has 0 radical (unpaired) electrons. The zero-order chi connectivity index (χ0) is 13.8. The summed E-state index contributed by atoms with van der Waals surface area (Å²) < 4.78 is 5.47. The van der Waals surface area contributed by atoms with Gasteiger partial charge in [-0.3, -0.25) is 4.79 Å². The van der Waals surface area contributed by atoms with Gasteiger partial charge in [-0.25, -0.2) is 4.79 Å². The first-order chi connectivity index (χ1) is 9.08. The number of amides is 1. The minimum Gasteiger partial charge on any atom is -0.477 e. The van der Waals surface area contributed by atoms with E-state index in [1.54, 1.807) is 18.0 Å². The van der Waals surface area contributed by atoms with Crippen LogP contribution in [-0.2, 0) is 4.74 Å². The van der Waals surface area contributed by atoms with Crippen molar-refractivity contribution in [3.05, 3.63) is 21.9 Å². The maximum absolute atomic E-state index is 12.0. The average Bonchev–Trinajstić information content (AvgIpc) is 3.06. The molecule has 104 valence electrons. The van der Waals surface area contributed by atoms with Crippen LogP contribution in [0.1, 0.15) is 32.2 Å². The fourth-order valence-electron chi connectivity index (χ4n) is 1.59. The summed E-state index contributed by atoms with van der Waals surface area (Å²) in [7, 11) is 1.70. The van der Waals surface area contributed by atoms with Gasteiger partial charge >= 0.3 is 5.97 Å². The van der Waals surface area contributed by atoms with Gasteiger partial charge in [0.25, 0.3) is 5.91 Å². The third-order valence-electron chi connectivity index (χ3n) is 3.00. The van der Waals surface area contributed by atoms with Gasteiger partial charge in [-0.2, -0.15) is 0 Å². The summed E-state index contributed by atoms with van der Waals surface area (Å²) in [6.45, 7) is 1.83. The number of aromatic carboxylic acids is 1. The highest BCUT2D eigenvalue weighted by Gasteiger charge is 2.21. The lowest BCUT2D eigenvalue weighted by molar-refractivity contribution is 0.0684. The maximum Gasteiger partial charge on any atom is 0.345 e. The molecule has 5 nitrogen and oxygen atoms in total. The zero-order valence-corrected chi connectivity index (χ0v) is 11.6. The van der Waals surface area contributed by atoms with E-state index in [0.717, 1.165) is 23.9 Å². The number of thiophene rings is 1. The smallest absolute Gasteiger partial charge is 0.345 e. The van der Waals surface area contributed by atoms with Gasteiger partial charge in [0.1, 0.15) is 4.88 Å². The SMILES string of the molecule is CN(CCOCC1CC1)C(=O)c1ccc(C(=O)O)s1. The van der Waals surface area contributed by atoms with E-state index in [1.807, 2.05) is 0 Å². The Hall–Kier alpha value is -1.40. The van der Waals surface area contributed by atoms with Gasteiger partial charge in [0.15, 0.2) is 0 Å². The van der Waals surface area contributed by atoms with Crippen molar-refractivity contribution in [1.29, 1.82) is 0 Å². The first-order valence-corrected chi connectivity index (χ1v) is 7.06. The minimum absolute atomic E-state index is 0.160. The third-order valence-corrected chi connectivity index (χ3v) is 4.06. The highest BCUT2D eigenvalue weighted by molar-refractivity contribution is 7.15. The molecule has 1 aliphatic carbocycles. The van der Waals surface area contributed by atoms with Crippen molar-refractivity contribution in [2.24, 2.45) is 5.92 Å². The number of hydrogen-bond donors (Lipinski definition) is 1. The molecule has 0 aromatic carbocycles. The molecule has 1 aromatic rings. The highest BCUT2D eigenvalue weighted by atomic mass is 32.1. The van der Waals surface area contributed by atoms with Crippen molar-refractivity contribution >= 4 is 23.2 Å². The summed E-state index contributed by atoms with van der Waals surface area (Å²) >= 11 is 1.000. The maximum atomic E-state index is 12.0. The van der Waals surface area contributed by atoms with Crippen LogP contribution in [0.4, 0.5) is 0 Å². The number of rotatable bonds is 7. The standard InChI is InChI=1S/C13H17NO4S/c1-14(6-7-18-8-9-2-3-9)12(15)10-4-5-11(19-10)13(16)17/h4-5,9H,2-3,6-8H2,1H3,(H,16,17). The van der Waals surface area contributed by atoms with Gasteiger partial charge in [-0.05, 0) is 30.9 Å². The minimum atomic E-state index is -1.00. The molecule has 1 N–H and O–H groups in total. The van der Waals surface area contributed by atoms with E-state index in [2.05, 4.69) is 0 Å². The van der Waals surface area contributed by atoms with Gasteiger partial charge in [0.05, 0.1) is 11.5 Å². The van der Waals surface area contributed by atoms with Crippen LogP contribution in [0.3, 0.4) is 0 Å². The number of nitrogens with zero attached hydrogens (tertiary/aromatic N) is 1. The second-order valence-corrected chi connectivity index (χ2v) is 5.80. The molecular weight excluding hydrogens is 266 g/mol. The molecule has 19 heavy (non-hydrogen) atoms. The van der Waals surface area contributed by atoms with E-state index in [1.165, 1.54) is 18.9 Å². The summed E-state index contributed by atoms with van der Waals surface area (Å²) in [6, 6.07) is 3.01. The van der Waals surface area contributed by atoms with E-state index in [9.17, 15) is 9.59 Å². The van der Waals surface area contributed by atoms with Crippen molar-refractivity contribution in [3.8, 4) is 0 Å². The summed E-state index contributed by atoms with van der Waals surface area (Å²) in [5, 5.41) is 8.82. The molecule has 6 heteroatoms. The Kier molecular flexibility index (Phi) is 4.55. The Morgan fingerprint density at radius 1 is 1.42 bits per heavy atom. The molecule has 0 unspecified atom stereocenters. The van der Waals surface area contributed by atoms with Crippen LogP contribution >= 0.6 is 11.3 Å². The van der Waals surface area contributed by atoms with Crippen LogP contribution in [0.2, 0.25) is 0 Å². The fraction of sp³-hybridized carbons (Fsp3) is 0.538. The highest BCUT2D eigenvalue weighted by Crippen LogP contribution is 2.28. The molecule has 1 aliphatic rings. The molecule has 1 amide bonds. The third kappa shape index (κ3) is 4.04. The largest absolute Gasteiger partial charge is 0.477 e. The number of carbonyl (C=O) groups is 2. The lowest BCUT2D eigenvalue weighted by Crippen LogP contribution is -2.29. The van der Waals surface area contributed by atoms with E-state index >= 15 is 0 Å². The fourth-order valence-corrected chi connectivity index (χ4v) is 2.43. The Labute approximate surface area is 115 Å². The van der Waals surface area contributed by atoms with Crippen LogP contribution in [0.25, 0.3) is 0 Å². The molecule has 1 aromatic heterocycles. The van der Waals surface area contributed by atoms with Crippen LogP contribution in [0.5, 0.6) is 0 Å². The number of carbonyl (C=O) groups excluding carboxylic acids is 1. The monoisotopic (exact) mass is 283 g/mol. The first-order valence-electron chi connectivity index (χ1n) is 6.24. The molecule has 0 spiro atoms. The van der Waals surface area contributed by atoms with Crippen LogP contribution in [0.15, 0.2) is 12.1 Å². The number of hydrogen-bond acceptors (Lipinski definition) is 4. The van der Waals surface area contributed by atoms with Crippen LogP contribution in [0, 0.1) is 5.92 Å². The normalized spacial score (nSPS) is 14.4. The molecule has 1 fully saturated rings. The molecule has 0 atom stereocenters. The predicted octanol–water partition coefficient (Wildman–Crippen LogP) is 1.94. The number of carboxylic acids is 1. The quantitative estimate of drug-likeness (QED) is 0.777. The second kappa shape index (κ2) is 6.16. The van der Waals surface area contributed by atoms with Gasteiger partial charge in [0, 0.05) is 20.2 Å². The van der Waals surface area contributed by atoms with Crippen molar-refractivity contribution in [2.45, 2.75) is 12.8 Å². The predicted molar refractivity (Wildman–Crippen MR) is 71.8 cm³/mol. The summed E-state index contributed by atoms with van der Waals surface area (Å²) in [5.41, 5.74) is 0. The van der Waals surface area contributed by atoms with Crippen molar-refractivity contribution < 1.29 is 19.4 Å². The van der Waals surface area contributed by atoms with Gasteiger partial charge in [-0.1, -0.05) is 0 Å². The van der Waals surface area contributed by atoms with Gasteiger partial charge in [-0.15, -0.1) is 11.3 Å². The topological polar surface area (TPSA) is 66.8 Å². The van der Waals surface area contributed by atoms with E-state index in [4.69, 9.17) is 9.84 Å². The first kappa shape index (κ1) is 14.0. The molecule has 0 bridgehead atoms. The van der Waals surface area contributed by atoms with E-state index in [-0.39, 0.29) is 10.8 Å². The second-order valence-electron chi connectivity index (χ2n) is 4.71. The zero-order valence-electron chi connectivity index (χ0n) is 10.8. The molecule has 2 rings (SSSR count). The summed E-state index contributed by atoms with van der Waals surface area (Å²) in [5.74, 6) is -0.441. The Bertz CT molecular complexity index is 467. The summed E-state index contributed by atoms with van der Waals surface area (Å²) in [4.78, 5) is 25.0. The molecule has 1 heterocycles. The van der Waals surface area contributed by atoms with Crippen LogP contribution < -0.4 is 0 Å². The van der Waals surface area contributed by atoms with Gasteiger partial charge in [0.2, 0.25) is 0 Å². The number of likely N-dealkylation sites (N-methyl/N-ethyl adjacent to an activating group) is 1. The van der Waals surface area contributed by atoms with Crippen molar-refractivity contribution in [3.63, 3.8) is 0 Å². The Balaban J connectivity index is 1.77. The summed E-state index contributed by atoms with van der Waals surface area (Å²) in [6.07, 6.45) is 2.50. The lowest BCUT2D eigenvalue weighted by atomic mass is 10.4. The molecule has 0 aliphatic heterocycles.